The number of amides is 1. The molecule has 1 fully saturated rings. The van der Waals surface area contributed by atoms with Gasteiger partial charge in [0.05, 0.1) is 19.1 Å². The molecule has 0 saturated carbocycles. The zero-order valence-electron chi connectivity index (χ0n) is 14.2. The van der Waals surface area contributed by atoms with Crippen molar-refractivity contribution in [1.29, 1.82) is 0 Å². The van der Waals surface area contributed by atoms with Crippen LogP contribution < -0.4 is 20.1 Å². The molecule has 0 radical (unpaired) electrons. The first-order chi connectivity index (χ1) is 11.2. The van der Waals surface area contributed by atoms with Crippen molar-refractivity contribution >= 4 is 5.91 Å². The Morgan fingerprint density at radius 1 is 1.26 bits per heavy atom. The maximum absolute atomic E-state index is 12.1. The zero-order chi connectivity index (χ0) is 16.5. The van der Waals surface area contributed by atoms with E-state index < -0.39 is 0 Å². The van der Waals surface area contributed by atoms with Gasteiger partial charge < -0.3 is 20.1 Å². The summed E-state index contributed by atoms with van der Waals surface area (Å²) < 4.78 is 11.2. The van der Waals surface area contributed by atoms with Gasteiger partial charge >= 0.3 is 0 Å². The number of nitrogens with one attached hydrogen (secondary N) is 2. The van der Waals surface area contributed by atoms with E-state index in [0.717, 1.165) is 49.4 Å². The van der Waals surface area contributed by atoms with Crippen LogP contribution >= 0.6 is 0 Å². The quantitative estimate of drug-likeness (QED) is 0.770. The molecule has 2 N–H and O–H groups in total. The molecular formula is C18H28N2O3. The number of rotatable bonds is 8. The second-order valence-corrected chi connectivity index (χ2v) is 5.73. The molecule has 5 heteroatoms. The number of ether oxygens (including phenoxy) is 2. The Hall–Kier alpha value is -1.75. The summed E-state index contributed by atoms with van der Waals surface area (Å²) in [6, 6.07) is 5.97. The van der Waals surface area contributed by atoms with Crippen molar-refractivity contribution in [3.8, 4) is 11.5 Å². The van der Waals surface area contributed by atoms with Crippen molar-refractivity contribution < 1.29 is 14.3 Å². The molecular weight excluding hydrogens is 292 g/mol. The fraction of sp³-hybridized carbons (Fsp3) is 0.611. The fourth-order valence-corrected chi connectivity index (χ4v) is 2.80. The Morgan fingerprint density at radius 3 is 2.74 bits per heavy atom. The van der Waals surface area contributed by atoms with Crippen molar-refractivity contribution in [2.75, 3.05) is 32.8 Å². The maximum atomic E-state index is 12.1. The van der Waals surface area contributed by atoms with Gasteiger partial charge in [-0.05, 0) is 57.4 Å². The van der Waals surface area contributed by atoms with Crippen LogP contribution in [0.2, 0.25) is 0 Å². The van der Waals surface area contributed by atoms with Crippen LogP contribution in [0.1, 0.15) is 32.3 Å². The summed E-state index contributed by atoms with van der Waals surface area (Å²) in [4.78, 5) is 12.1. The predicted octanol–water partition coefficient (Wildman–Crippen LogP) is 2.14. The fourth-order valence-electron chi connectivity index (χ4n) is 2.80. The summed E-state index contributed by atoms with van der Waals surface area (Å²) in [7, 11) is 0. The van der Waals surface area contributed by atoms with Gasteiger partial charge in [-0.3, -0.25) is 4.79 Å². The van der Waals surface area contributed by atoms with Crippen LogP contribution in [0.15, 0.2) is 18.2 Å². The molecule has 0 aromatic heterocycles. The third-order valence-electron chi connectivity index (χ3n) is 3.99. The number of hydrogen-bond acceptors (Lipinski definition) is 4. The average molecular weight is 320 g/mol. The zero-order valence-corrected chi connectivity index (χ0v) is 14.2. The van der Waals surface area contributed by atoms with Gasteiger partial charge in [-0.25, -0.2) is 0 Å². The van der Waals surface area contributed by atoms with Gasteiger partial charge in [0, 0.05) is 13.1 Å². The Bertz CT molecular complexity index is 499. The van der Waals surface area contributed by atoms with E-state index in [9.17, 15) is 4.79 Å². The van der Waals surface area contributed by atoms with Crippen LogP contribution in [-0.4, -0.2) is 38.8 Å². The first-order valence-electron chi connectivity index (χ1n) is 8.61. The van der Waals surface area contributed by atoms with E-state index in [1.807, 2.05) is 32.0 Å². The van der Waals surface area contributed by atoms with Crippen LogP contribution in [0.3, 0.4) is 0 Å². The third kappa shape index (κ3) is 5.43. The standard InChI is InChI=1S/C18H28N2O3/c1-3-22-16-8-7-14(12-17(16)23-4-2)9-11-20-18(21)15-6-5-10-19-13-15/h7-8,12,15,19H,3-6,9-11,13H2,1-2H3,(H,20,21)/t15-/m1/s1. The lowest BCUT2D eigenvalue weighted by Crippen LogP contribution is -2.41. The lowest BCUT2D eigenvalue weighted by molar-refractivity contribution is -0.125. The van der Waals surface area contributed by atoms with E-state index in [2.05, 4.69) is 10.6 Å². The van der Waals surface area contributed by atoms with E-state index in [1.54, 1.807) is 0 Å². The SMILES string of the molecule is CCOc1ccc(CCNC(=O)[C@@H]2CCCNC2)cc1OCC. The molecule has 1 amide bonds. The van der Waals surface area contributed by atoms with Crippen LogP contribution in [0.25, 0.3) is 0 Å². The van der Waals surface area contributed by atoms with Crippen molar-refractivity contribution in [3.05, 3.63) is 23.8 Å². The van der Waals surface area contributed by atoms with Crippen molar-refractivity contribution in [1.82, 2.24) is 10.6 Å². The molecule has 1 heterocycles. The van der Waals surface area contributed by atoms with Crippen LogP contribution in [0, 0.1) is 5.92 Å². The molecule has 1 saturated heterocycles. The summed E-state index contributed by atoms with van der Waals surface area (Å²) in [6.07, 6.45) is 2.85. The summed E-state index contributed by atoms with van der Waals surface area (Å²) in [6.45, 7) is 7.61. The van der Waals surface area contributed by atoms with Crippen LogP contribution in [0.4, 0.5) is 0 Å². The molecule has 5 nitrogen and oxygen atoms in total. The minimum absolute atomic E-state index is 0.114. The lowest BCUT2D eigenvalue weighted by Gasteiger charge is -2.21. The van der Waals surface area contributed by atoms with E-state index >= 15 is 0 Å². The second-order valence-electron chi connectivity index (χ2n) is 5.73. The number of carbonyl (C=O) groups excluding carboxylic acids is 1. The highest BCUT2D eigenvalue weighted by atomic mass is 16.5. The number of piperidine rings is 1. The Kier molecular flexibility index (Phi) is 7.20. The average Bonchev–Trinajstić information content (AvgIpc) is 2.58. The molecule has 128 valence electrons. The van der Waals surface area contributed by atoms with Gasteiger partial charge in [0.25, 0.3) is 0 Å². The third-order valence-corrected chi connectivity index (χ3v) is 3.99. The van der Waals surface area contributed by atoms with Crippen LogP contribution in [-0.2, 0) is 11.2 Å². The molecule has 1 aromatic rings. The van der Waals surface area contributed by atoms with E-state index in [4.69, 9.17) is 9.47 Å². The smallest absolute Gasteiger partial charge is 0.224 e. The summed E-state index contributed by atoms with van der Waals surface area (Å²) in [5.41, 5.74) is 1.14. The lowest BCUT2D eigenvalue weighted by atomic mass is 9.99. The van der Waals surface area contributed by atoms with Gasteiger partial charge in [0.2, 0.25) is 5.91 Å². The number of carbonyl (C=O) groups is 1. The number of hydrogen-bond donors (Lipinski definition) is 2. The van der Waals surface area contributed by atoms with Gasteiger partial charge in [0.1, 0.15) is 0 Å². The van der Waals surface area contributed by atoms with Crippen molar-refractivity contribution in [2.45, 2.75) is 33.1 Å². The Morgan fingerprint density at radius 2 is 2.04 bits per heavy atom. The summed E-state index contributed by atoms with van der Waals surface area (Å²) in [5.74, 6) is 1.82. The van der Waals surface area contributed by atoms with Gasteiger partial charge in [-0.2, -0.15) is 0 Å². The molecule has 0 unspecified atom stereocenters. The normalized spacial score (nSPS) is 17.6. The molecule has 1 aromatic carbocycles. The molecule has 1 aliphatic heterocycles. The second kappa shape index (κ2) is 9.40. The molecule has 2 rings (SSSR count). The topological polar surface area (TPSA) is 59.6 Å². The van der Waals surface area contributed by atoms with Crippen molar-refractivity contribution in [2.24, 2.45) is 5.92 Å². The first-order valence-corrected chi connectivity index (χ1v) is 8.61. The molecule has 1 aliphatic rings. The monoisotopic (exact) mass is 320 g/mol. The largest absolute Gasteiger partial charge is 0.490 e. The van der Waals surface area contributed by atoms with Gasteiger partial charge in [-0.15, -0.1) is 0 Å². The highest BCUT2D eigenvalue weighted by Gasteiger charge is 2.20. The maximum Gasteiger partial charge on any atom is 0.224 e. The summed E-state index contributed by atoms with van der Waals surface area (Å²) >= 11 is 0. The molecule has 23 heavy (non-hydrogen) atoms. The summed E-state index contributed by atoms with van der Waals surface area (Å²) in [5, 5.41) is 6.31. The number of benzene rings is 1. The Labute approximate surface area is 138 Å². The first kappa shape index (κ1) is 17.6. The van der Waals surface area contributed by atoms with E-state index in [-0.39, 0.29) is 11.8 Å². The van der Waals surface area contributed by atoms with Gasteiger partial charge in [0.15, 0.2) is 11.5 Å². The molecule has 1 atom stereocenters. The Balaban J connectivity index is 1.84. The van der Waals surface area contributed by atoms with Gasteiger partial charge in [-0.1, -0.05) is 6.07 Å². The van der Waals surface area contributed by atoms with E-state index in [1.165, 1.54) is 0 Å². The molecule has 0 aliphatic carbocycles. The predicted molar refractivity (Wildman–Crippen MR) is 91.1 cm³/mol. The molecule has 0 spiro atoms. The highest BCUT2D eigenvalue weighted by molar-refractivity contribution is 5.78. The minimum atomic E-state index is 0.114. The van der Waals surface area contributed by atoms with Crippen LogP contribution in [0.5, 0.6) is 11.5 Å². The van der Waals surface area contributed by atoms with Crippen molar-refractivity contribution in [3.63, 3.8) is 0 Å². The highest BCUT2D eigenvalue weighted by Crippen LogP contribution is 2.28. The van der Waals surface area contributed by atoms with E-state index in [0.29, 0.717) is 19.8 Å². The molecule has 0 bridgehead atoms. The minimum Gasteiger partial charge on any atom is -0.490 e.